The Hall–Kier alpha value is -3.49. The summed E-state index contributed by atoms with van der Waals surface area (Å²) in [5, 5.41) is 19.7. The molecule has 0 radical (unpaired) electrons. The van der Waals surface area contributed by atoms with E-state index >= 15 is 0 Å². The largest absolute Gasteiger partial charge is 0.493 e. The number of nitrogens with zero attached hydrogens (tertiary/aromatic N) is 3. The SMILES string of the molecule is O=C(O)C1(Oc2ccc(OCCCOc3ccc(Cl)cc3-n3nc4ccccc4n3)cc2Cl)CCCCC1. The lowest BCUT2D eigenvalue weighted by Crippen LogP contribution is -2.46. The fraction of sp³-hybridized carbons (Fsp3) is 0.321. The third-order valence-electron chi connectivity index (χ3n) is 6.50. The molecule has 1 aliphatic rings. The Labute approximate surface area is 230 Å². The summed E-state index contributed by atoms with van der Waals surface area (Å²) in [4.78, 5) is 13.4. The van der Waals surface area contributed by atoms with Gasteiger partial charge in [0.2, 0.25) is 5.60 Å². The summed E-state index contributed by atoms with van der Waals surface area (Å²) in [5.74, 6) is 0.570. The summed E-state index contributed by atoms with van der Waals surface area (Å²) in [6, 6.07) is 18.0. The molecule has 3 aromatic carbocycles. The number of hydrogen-bond acceptors (Lipinski definition) is 6. The van der Waals surface area contributed by atoms with Crippen molar-refractivity contribution in [3.8, 4) is 22.9 Å². The summed E-state index contributed by atoms with van der Waals surface area (Å²) in [5.41, 5.74) is 0.979. The monoisotopic (exact) mass is 555 g/mol. The zero-order valence-electron chi connectivity index (χ0n) is 20.6. The number of fused-ring (bicyclic) bond motifs is 1. The third-order valence-corrected chi connectivity index (χ3v) is 7.03. The van der Waals surface area contributed by atoms with E-state index in [1.165, 1.54) is 4.80 Å². The molecule has 0 saturated heterocycles. The summed E-state index contributed by atoms with van der Waals surface area (Å²) >= 11 is 12.6. The molecule has 1 aliphatic carbocycles. The van der Waals surface area contributed by atoms with Crippen molar-refractivity contribution in [1.29, 1.82) is 0 Å². The highest BCUT2D eigenvalue weighted by atomic mass is 35.5. The van der Waals surface area contributed by atoms with Gasteiger partial charge in [-0.2, -0.15) is 0 Å². The second kappa shape index (κ2) is 11.5. The maximum atomic E-state index is 11.9. The van der Waals surface area contributed by atoms with Crippen LogP contribution in [0.2, 0.25) is 10.0 Å². The predicted molar refractivity (Wildman–Crippen MR) is 145 cm³/mol. The molecule has 198 valence electrons. The molecule has 0 spiro atoms. The second-order valence-corrected chi connectivity index (χ2v) is 10.0. The molecule has 1 fully saturated rings. The van der Waals surface area contributed by atoms with Gasteiger partial charge in [0, 0.05) is 17.5 Å². The average molecular weight is 556 g/mol. The van der Waals surface area contributed by atoms with Crippen LogP contribution in [-0.4, -0.2) is 44.9 Å². The van der Waals surface area contributed by atoms with Crippen LogP contribution in [0.15, 0.2) is 60.7 Å². The molecule has 0 bridgehead atoms. The van der Waals surface area contributed by atoms with Crippen LogP contribution in [0.3, 0.4) is 0 Å². The molecule has 1 aromatic heterocycles. The maximum absolute atomic E-state index is 11.9. The molecule has 38 heavy (non-hydrogen) atoms. The Morgan fingerprint density at radius 2 is 1.58 bits per heavy atom. The van der Waals surface area contributed by atoms with E-state index in [2.05, 4.69) is 10.2 Å². The first-order chi connectivity index (χ1) is 18.4. The van der Waals surface area contributed by atoms with Gasteiger partial charge in [0.15, 0.2) is 0 Å². The number of benzene rings is 3. The number of carbonyl (C=O) groups is 1. The van der Waals surface area contributed by atoms with Crippen molar-refractivity contribution in [3.05, 3.63) is 70.7 Å². The molecule has 4 aromatic rings. The zero-order valence-corrected chi connectivity index (χ0v) is 22.1. The quantitative estimate of drug-likeness (QED) is 0.216. The Morgan fingerprint density at radius 3 is 2.26 bits per heavy atom. The van der Waals surface area contributed by atoms with Crippen LogP contribution in [-0.2, 0) is 4.79 Å². The Morgan fingerprint density at radius 1 is 0.895 bits per heavy atom. The van der Waals surface area contributed by atoms with Gasteiger partial charge in [-0.15, -0.1) is 15.0 Å². The first-order valence-electron chi connectivity index (χ1n) is 12.5. The molecule has 0 unspecified atom stereocenters. The lowest BCUT2D eigenvalue weighted by Gasteiger charge is -2.33. The van der Waals surface area contributed by atoms with Gasteiger partial charge >= 0.3 is 5.97 Å². The van der Waals surface area contributed by atoms with E-state index in [0.717, 1.165) is 30.3 Å². The molecular formula is C28H27Cl2N3O5. The summed E-state index contributed by atoms with van der Waals surface area (Å²) in [6.45, 7) is 0.786. The van der Waals surface area contributed by atoms with Gasteiger partial charge in [0.1, 0.15) is 34.0 Å². The Kier molecular flexibility index (Phi) is 7.90. The summed E-state index contributed by atoms with van der Waals surface area (Å²) < 4.78 is 17.8. The molecule has 1 N–H and O–H groups in total. The van der Waals surface area contributed by atoms with Gasteiger partial charge in [-0.05, 0) is 68.1 Å². The molecule has 1 heterocycles. The minimum atomic E-state index is -1.22. The normalized spacial score (nSPS) is 14.8. The van der Waals surface area contributed by atoms with E-state index in [1.54, 1.807) is 36.4 Å². The van der Waals surface area contributed by atoms with Crippen molar-refractivity contribution in [2.24, 2.45) is 0 Å². The maximum Gasteiger partial charge on any atom is 0.348 e. The molecule has 0 amide bonds. The summed E-state index contributed by atoms with van der Waals surface area (Å²) in [7, 11) is 0. The smallest absolute Gasteiger partial charge is 0.348 e. The van der Waals surface area contributed by atoms with E-state index in [1.807, 2.05) is 24.3 Å². The Balaban J connectivity index is 1.16. The highest BCUT2D eigenvalue weighted by Crippen LogP contribution is 2.37. The van der Waals surface area contributed by atoms with Gasteiger partial charge in [-0.25, -0.2) is 4.79 Å². The zero-order chi connectivity index (χ0) is 26.5. The second-order valence-electron chi connectivity index (χ2n) is 9.20. The van der Waals surface area contributed by atoms with Gasteiger partial charge in [0.25, 0.3) is 0 Å². The van der Waals surface area contributed by atoms with Gasteiger partial charge in [-0.3, -0.25) is 0 Å². The van der Waals surface area contributed by atoms with Crippen molar-refractivity contribution >= 4 is 40.2 Å². The van der Waals surface area contributed by atoms with Crippen LogP contribution in [0.25, 0.3) is 16.7 Å². The van der Waals surface area contributed by atoms with Crippen LogP contribution >= 0.6 is 23.2 Å². The predicted octanol–water partition coefficient (Wildman–Crippen LogP) is 6.74. The van der Waals surface area contributed by atoms with Crippen LogP contribution in [0.1, 0.15) is 38.5 Å². The number of hydrogen-bond donors (Lipinski definition) is 1. The number of aliphatic carboxylic acids is 1. The number of carboxylic acids is 1. The third kappa shape index (κ3) is 5.81. The fourth-order valence-corrected chi connectivity index (χ4v) is 4.89. The lowest BCUT2D eigenvalue weighted by atomic mass is 9.84. The number of aromatic nitrogens is 3. The van der Waals surface area contributed by atoms with Gasteiger partial charge < -0.3 is 19.3 Å². The molecular weight excluding hydrogens is 529 g/mol. The first-order valence-corrected chi connectivity index (χ1v) is 13.3. The molecule has 8 nitrogen and oxygen atoms in total. The van der Waals surface area contributed by atoms with E-state index in [0.29, 0.717) is 65.5 Å². The van der Waals surface area contributed by atoms with Crippen molar-refractivity contribution in [3.63, 3.8) is 0 Å². The van der Waals surface area contributed by atoms with Gasteiger partial charge in [0.05, 0.1) is 18.2 Å². The first kappa shape index (κ1) is 26.1. The van der Waals surface area contributed by atoms with Crippen molar-refractivity contribution in [2.45, 2.75) is 44.1 Å². The minimum absolute atomic E-state index is 0.315. The number of halogens is 2. The average Bonchev–Trinajstić information content (AvgIpc) is 3.35. The van der Waals surface area contributed by atoms with Crippen molar-refractivity contribution in [2.75, 3.05) is 13.2 Å². The summed E-state index contributed by atoms with van der Waals surface area (Å²) in [6.07, 6.45) is 4.20. The molecule has 5 rings (SSSR count). The minimum Gasteiger partial charge on any atom is -0.493 e. The number of rotatable bonds is 10. The van der Waals surface area contributed by atoms with Crippen LogP contribution in [0.4, 0.5) is 0 Å². The lowest BCUT2D eigenvalue weighted by molar-refractivity contribution is -0.158. The molecule has 0 atom stereocenters. The number of carboxylic acid groups (broad SMARTS) is 1. The van der Waals surface area contributed by atoms with Gasteiger partial charge in [-0.1, -0.05) is 41.8 Å². The van der Waals surface area contributed by atoms with E-state index in [4.69, 9.17) is 37.4 Å². The molecule has 10 heteroatoms. The topological polar surface area (TPSA) is 95.7 Å². The van der Waals surface area contributed by atoms with E-state index in [-0.39, 0.29) is 0 Å². The molecule has 0 aliphatic heterocycles. The van der Waals surface area contributed by atoms with E-state index in [9.17, 15) is 9.90 Å². The van der Waals surface area contributed by atoms with Crippen LogP contribution in [0.5, 0.6) is 17.2 Å². The van der Waals surface area contributed by atoms with Crippen molar-refractivity contribution in [1.82, 2.24) is 15.0 Å². The molecule has 1 saturated carbocycles. The van der Waals surface area contributed by atoms with Crippen LogP contribution < -0.4 is 14.2 Å². The highest BCUT2D eigenvalue weighted by Gasteiger charge is 2.42. The van der Waals surface area contributed by atoms with Crippen LogP contribution in [0, 0.1) is 0 Å². The Bertz CT molecular complexity index is 1400. The standard InChI is InChI=1S/C28H27Cl2N3O5/c29-19-9-11-26(24(17-19)33-31-22-7-2-3-8-23(22)32-33)37-16-6-15-36-20-10-12-25(21(30)18-20)38-28(27(34)35)13-4-1-5-14-28/h2-3,7-12,17-18H,1,4-6,13-16H2,(H,34,35). The number of ether oxygens (including phenoxy) is 3. The van der Waals surface area contributed by atoms with Crippen molar-refractivity contribution < 1.29 is 24.1 Å². The van der Waals surface area contributed by atoms with E-state index < -0.39 is 11.6 Å². The highest BCUT2D eigenvalue weighted by molar-refractivity contribution is 6.32. The fourth-order valence-electron chi connectivity index (χ4n) is 4.51.